The Morgan fingerprint density at radius 1 is 0.714 bits per heavy atom. The number of hydrogen-bond acceptors (Lipinski definition) is 4. The lowest BCUT2D eigenvalue weighted by Crippen LogP contribution is -2.25. The highest BCUT2D eigenvalue weighted by Crippen LogP contribution is 2.34. The summed E-state index contributed by atoms with van der Waals surface area (Å²) in [6.07, 6.45) is 0. The minimum absolute atomic E-state index is 0.0667. The van der Waals surface area contributed by atoms with Crippen LogP contribution in [0.2, 0.25) is 0 Å². The molecule has 6 heteroatoms. The van der Waals surface area contributed by atoms with Crippen molar-refractivity contribution in [3.8, 4) is 0 Å². The van der Waals surface area contributed by atoms with Gasteiger partial charge in [-0.25, -0.2) is 4.79 Å². The number of carboxylic acids is 1. The second-order valence-corrected chi connectivity index (χ2v) is 6.24. The molecule has 3 aromatic carbocycles. The number of anilines is 1. The van der Waals surface area contributed by atoms with E-state index in [1.807, 2.05) is 0 Å². The maximum absolute atomic E-state index is 13.1. The Balaban J connectivity index is 1.91. The number of aromatic carboxylic acids is 1. The lowest BCUT2D eigenvalue weighted by molar-refractivity contribution is 0.0697. The molecule has 0 saturated carbocycles. The average molecular weight is 371 g/mol. The van der Waals surface area contributed by atoms with Crippen molar-refractivity contribution < 1.29 is 24.3 Å². The highest BCUT2D eigenvalue weighted by atomic mass is 16.4. The molecule has 4 rings (SSSR count). The number of carboxylic acid groups (broad SMARTS) is 1. The van der Waals surface area contributed by atoms with Gasteiger partial charge in [-0.1, -0.05) is 42.5 Å². The van der Waals surface area contributed by atoms with Crippen LogP contribution in [0, 0.1) is 0 Å². The van der Waals surface area contributed by atoms with Gasteiger partial charge in [0.25, 0.3) is 5.91 Å². The SMILES string of the molecule is O=C(Nc1c(C(=O)O)ccc2c1C(=O)c1ccccc1C2=O)c1ccccc1. The molecule has 2 N–H and O–H groups in total. The van der Waals surface area contributed by atoms with Gasteiger partial charge in [-0.15, -0.1) is 0 Å². The predicted molar refractivity (Wildman–Crippen MR) is 101 cm³/mol. The van der Waals surface area contributed by atoms with Gasteiger partial charge in [0, 0.05) is 22.3 Å². The fourth-order valence-electron chi connectivity index (χ4n) is 3.27. The van der Waals surface area contributed by atoms with Crippen LogP contribution in [0.15, 0.2) is 66.7 Å². The molecule has 0 unspecified atom stereocenters. The Hall–Kier alpha value is -4.06. The summed E-state index contributed by atoms with van der Waals surface area (Å²) in [4.78, 5) is 50.2. The fourth-order valence-corrected chi connectivity index (χ4v) is 3.27. The van der Waals surface area contributed by atoms with Crippen LogP contribution in [0.1, 0.15) is 52.6 Å². The molecule has 0 spiro atoms. The molecule has 1 aliphatic carbocycles. The van der Waals surface area contributed by atoms with Crippen molar-refractivity contribution in [1.82, 2.24) is 0 Å². The fraction of sp³-hybridized carbons (Fsp3) is 0. The molecule has 0 fully saturated rings. The second kappa shape index (κ2) is 6.59. The molecule has 28 heavy (non-hydrogen) atoms. The van der Waals surface area contributed by atoms with Gasteiger partial charge >= 0.3 is 5.97 Å². The van der Waals surface area contributed by atoms with Crippen molar-refractivity contribution in [2.24, 2.45) is 0 Å². The van der Waals surface area contributed by atoms with Gasteiger partial charge in [0.1, 0.15) is 0 Å². The van der Waals surface area contributed by atoms with Crippen LogP contribution in [-0.4, -0.2) is 28.5 Å². The van der Waals surface area contributed by atoms with Gasteiger partial charge in [0.2, 0.25) is 0 Å². The Morgan fingerprint density at radius 2 is 1.32 bits per heavy atom. The maximum Gasteiger partial charge on any atom is 0.337 e. The zero-order valence-electron chi connectivity index (χ0n) is 14.4. The van der Waals surface area contributed by atoms with Crippen LogP contribution in [0.25, 0.3) is 0 Å². The molecule has 1 amide bonds. The zero-order chi connectivity index (χ0) is 19.8. The van der Waals surface area contributed by atoms with Crippen LogP contribution >= 0.6 is 0 Å². The molecule has 0 aliphatic heterocycles. The normalized spacial score (nSPS) is 12.1. The van der Waals surface area contributed by atoms with Gasteiger partial charge in [0.15, 0.2) is 11.6 Å². The van der Waals surface area contributed by atoms with Crippen LogP contribution in [0.3, 0.4) is 0 Å². The van der Waals surface area contributed by atoms with Crippen molar-refractivity contribution in [1.29, 1.82) is 0 Å². The number of hydrogen-bond donors (Lipinski definition) is 2. The van der Waals surface area contributed by atoms with Gasteiger partial charge < -0.3 is 10.4 Å². The van der Waals surface area contributed by atoms with Gasteiger partial charge in [-0.05, 0) is 24.3 Å². The van der Waals surface area contributed by atoms with E-state index in [9.17, 15) is 24.3 Å². The predicted octanol–water partition coefficient (Wildman–Crippen LogP) is 3.41. The second-order valence-electron chi connectivity index (χ2n) is 6.24. The first-order valence-corrected chi connectivity index (χ1v) is 8.44. The van der Waals surface area contributed by atoms with E-state index >= 15 is 0 Å². The number of nitrogens with one attached hydrogen (secondary N) is 1. The number of fused-ring (bicyclic) bond motifs is 2. The first-order valence-electron chi connectivity index (χ1n) is 8.44. The Kier molecular flexibility index (Phi) is 4.08. The first kappa shape index (κ1) is 17.4. The third-order valence-corrected chi connectivity index (χ3v) is 4.60. The molecule has 0 radical (unpaired) electrons. The van der Waals surface area contributed by atoms with Crippen LogP contribution in [0.5, 0.6) is 0 Å². The van der Waals surface area contributed by atoms with E-state index in [2.05, 4.69) is 5.32 Å². The summed E-state index contributed by atoms with van der Waals surface area (Å²) in [6, 6.07) is 17.1. The number of rotatable bonds is 3. The minimum atomic E-state index is -1.31. The molecule has 0 saturated heterocycles. The van der Waals surface area contributed by atoms with Crippen molar-refractivity contribution in [3.63, 3.8) is 0 Å². The van der Waals surface area contributed by atoms with Crippen LogP contribution < -0.4 is 5.32 Å². The lowest BCUT2D eigenvalue weighted by Gasteiger charge is -2.21. The molecule has 0 atom stereocenters. The Bertz CT molecular complexity index is 1160. The number of carbonyl (C=O) groups is 4. The summed E-state index contributed by atoms with van der Waals surface area (Å²) < 4.78 is 0. The lowest BCUT2D eigenvalue weighted by atomic mass is 9.82. The molecule has 3 aromatic rings. The summed E-state index contributed by atoms with van der Waals surface area (Å²) in [7, 11) is 0. The first-order chi connectivity index (χ1) is 13.5. The molecule has 136 valence electrons. The van der Waals surface area contributed by atoms with Crippen LogP contribution in [-0.2, 0) is 0 Å². The van der Waals surface area contributed by atoms with Crippen molar-refractivity contribution in [2.45, 2.75) is 0 Å². The highest BCUT2D eigenvalue weighted by molar-refractivity contribution is 6.31. The topological polar surface area (TPSA) is 101 Å². The summed E-state index contributed by atoms with van der Waals surface area (Å²) in [6.45, 7) is 0. The largest absolute Gasteiger partial charge is 0.478 e. The molecule has 0 heterocycles. The van der Waals surface area contributed by atoms with Crippen molar-refractivity contribution in [2.75, 3.05) is 5.32 Å². The van der Waals surface area contributed by atoms with Gasteiger partial charge in [-0.2, -0.15) is 0 Å². The maximum atomic E-state index is 13.1. The van der Waals surface area contributed by atoms with E-state index < -0.39 is 23.4 Å². The van der Waals surface area contributed by atoms with Crippen molar-refractivity contribution >= 4 is 29.1 Å². The quantitative estimate of drug-likeness (QED) is 0.575. The number of ketones is 2. The molecule has 0 aromatic heterocycles. The molecular weight excluding hydrogens is 358 g/mol. The third kappa shape index (κ3) is 2.68. The van der Waals surface area contributed by atoms with E-state index in [-0.39, 0.29) is 33.5 Å². The van der Waals surface area contributed by atoms with E-state index in [1.165, 1.54) is 18.2 Å². The standard InChI is InChI=1S/C22H13NO5/c24-19-13-8-4-5-9-14(13)20(25)17-15(19)10-11-16(22(27)28)18(17)23-21(26)12-6-2-1-3-7-12/h1-11H,(H,23,26)(H,27,28). The van der Waals surface area contributed by atoms with E-state index in [0.29, 0.717) is 5.56 Å². The summed E-state index contributed by atoms with van der Waals surface area (Å²) in [5.74, 6) is -2.78. The average Bonchev–Trinajstić information content (AvgIpc) is 2.72. The minimum Gasteiger partial charge on any atom is -0.478 e. The monoisotopic (exact) mass is 371 g/mol. The van der Waals surface area contributed by atoms with E-state index in [1.54, 1.807) is 48.5 Å². The van der Waals surface area contributed by atoms with Crippen molar-refractivity contribution in [3.05, 3.63) is 100 Å². The summed E-state index contributed by atoms with van der Waals surface area (Å²) in [5.41, 5.74) is 0.257. The van der Waals surface area contributed by atoms with E-state index in [4.69, 9.17) is 0 Å². The summed E-state index contributed by atoms with van der Waals surface area (Å²) in [5, 5.41) is 12.1. The Labute approximate surface area is 159 Å². The van der Waals surface area contributed by atoms with Gasteiger partial charge in [-0.3, -0.25) is 14.4 Å². The van der Waals surface area contributed by atoms with Crippen LogP contribution in [0.4, 0.5) is 5.69 Å². The smallest absolute Gasteiger partial charge is 0.337 e. The molecule has 6 nitrogen and oxygen atoms in total. The molecule has 1 aliphatic rings. The summed E-state index contributed by atoms with van der Waals surface area (Å²) >= 11 is 0. The number of benzene rings is 3. The van der Waals surface area contributed by atoms with E-state index in [0.717, 1.165) is 0 Å². The highest BCUT2D eigenvalue weighted by Gasteiger charge is 2.34. The molecule has 0 bridgehead atoms. The zero-order valence-corrected chi connectivity index (χ0v) is 14.4. The number of carbonyl (C=O) groups excluding carboxylic acids is 3. The number of amides is 1. The molecular formula is C22H13NO5. The van der Waals surface area contributed by atoms with Gasteiger partial charge in [0.05, 0.1) is 16.8 Å². The third-order valence-electron chi connectivity index (χ3n) is 4.60. The Morgan fingerprint density at radius 3 is 1.96 bits per heavy atom.